The third kappa shape index (κ3) is 4.67. The smallest absolute Gasteiger partial charge is 0.303 e. The Hall–Kier alpha value is -1.68. The molecule has 0 atom stereocenters. The molecule has 0 aromatic heterocycles. The lowest BCUT2D eigenvalue weighted by Crippen LogP contribution is -2.24. The van der Waals surface area contributed by atoms with Crippen LogP contribution in [-0.4, -0.2) is 28.6 Å². The lowest BCUT2D eigenvalue weighted by molar-refractivity contribution is -0.136. The third-order valence-electron chi connectivity index (χ3n) is 3.86. The molecule has 0 heterocycles. The van der Waals surface area contributed by atoms with Crippen molar-refractivity contribution in [2.45, 2.75) is 58.3 Å². The van der Waals surface area contributed by atoms with Gasteiger partial charge < -0.3 is 10.2 Å². The molecule has 1 aromatic rings. The molecule has 0 saturated heterocycles. The van der Waals surface area contributed by atoms with Crippen molar-refractivity contribution in [1.29, 1.82) is 0 Å². The van der Waals surface area contributed by atoms with Crippen molar-refractivity contribution in [2.75, 3.05) is 6.61 Å². The number of carboxylic acids is 1. The third-order valence-corrected chi connectivity index (χ3v) is 3.86. The molecule has 0 spiro atoms. The lowest BCUT2D eigenvalue weighted by atomic mass is 9.78. The van der Waals surface area contributed by atoms with Crippen molar-refractivity contribution in [3.8, 4) is 0 Å². The summed E-state index contributed by atoms with van der Waals surface area (Å²) in [5, 5.41) is 18.3. The topological polar surface area (TPSA) is 74.6 Å². The molecule has 0 saturated carbocycles. The van der Waals surface area contributed by atoms with Crippen molar-refractivity contribution in [2.24, 2.45) is 0 Å². The maximum absolute atomic E-state index is 12.3. The van der Waals surface area contributed by atoms with Gasteiger partial charge in [0.25, 0.3) is 0 Å². The fraction of sp³-hybridized carbons (Fsp3) is 0.556. The normalized spacial score (nSPS) is 12.3. The molecule has 0 bridgehead atoms. The number of carboxylic acid groups (broad SMARTS) is 1. The highest BCUT2D eigenvalue weighted by Gasteiger charge is 2.24. The summed E-state index contributed by atoms with van der Waals surface area (Å²) in [5.74, 6) is -1.15. The summed E-state index contributed by atoms with van der Waals surface area (Å²) in [5.41, 5.74) is 1.82. The number of hydrogen-bond donors (Lipinski definition) is 2. The van der Waals surface area contributed by atoms with E-state index in [2.05, 4.69) is 20.8 Å². The molecule has 2 N–H and O–H groups in total. The summed E-state index contributed by atoms with van der Waals surface area (Å²) in [6.07, 6.45) is -0.181. The van der Waals surface area contributed by atoms with Crippen LogP contribution in [0.5, 0.6) is 0 Å². The van der Waals surface area contributed by atoms with Crippen LogP contribution in [-0.2, 0) is 15.6 Å². The van der Waals surface area contributed by atoms with Gasteiger partial charge in [-0.05, 0) is 28.7 Å². The second kappa shape index (κ2) is 6.61. The van der Waals surface area contributed by atoms with Crippen molar-refractivity contribution in [3.05, 3.63) is 34.9 Å². The molecule has 0 aliphatic rings. The van der Waals surface area contributed by atoms with E-state index in [-0.39, 0.29) is 30.6 Å². The van der Waals surface area contributed by atoms with Crippen LogP contribution in [0.25, 0.3) is 0 Å². The minimum absolute atomic E-state index is 0.0120. The fourth-order valence-corrected chi connectivity index (χ4v) is 2.07. The molecule has 0 unspecified atom stereocenters. The van der Waals surface area contributed by atoms with Crippen LogP contribution in [0.4, 0.5) is 0 Å². The minimum atomic E-state index is -0.976. The SMILES string of the molecule is CC(C)(C)c1cc(C(=O)CCC(=O)O)cc(C(C)(C)CO)c1. The van der Waals surface area contributed by atoms with Gasteiger partial charge in [-0.15, -0.1) is 0 Å². The van der Waals surface area contributed by atoms with Crippen LogP contribution in [0.2, 0.25) is 0 Å². The number of aliphatic hydroxyl groups excluding tert-OH is 1. The Balaban J connectivity index is 3.30. The number of carbonyl (C=O) groups excluding carboxylic acids is 1. The first-order valence-electron chi connectivity index (χ1n) is 7.49. The van der Waals surface area contributed by atoms with E-state index < -0.39 is 11.4 Å². The quantitative estimate of drug-likeness (QED) is 0.791. The summed E-state index contributed by atoms with van der Waals surface area (Å²) in [7, 11) is 0. The van der Waals surface area contributed by atoms with Gasteiger partial charge in [0.2, 0.25) is 0 Å². The maximum Gasteiger partial charge on any atom is 0.303 e. The van der Waals surface area contributed by atoms with Crippen LogP contribution in [0, 0.1) is 0 Å². The monoisotopic (exact) mass is 306 g/mol. The highest BCUT2D eigenvalue weighted by atomic mass is 16.4. The zero-order chi connectivity index (χ0) is 17.1. The molecule has 4 heteroatoms. The van der Waals surface area contributed by atoms with Gasteiger partial charge in [0, 0.05) is 17.4 Å². The standard InChI is InChI=1S/C18H26O4/c1-17(2,3)13-8-12(15(20)6-7-16(21)22)9-14(10-13)18(4,5)11-19/h8-10,19H,6-7,11H2,1-5H3,(H,21,22). The van der Waals surface area contributed by atoms with Gasteiger partial charge in [-0.3, -0.25) is 9.59 Å². The predicted molar refractivity (Wildman–Crippen MR) is 86.5 cm³/mol. The zero-order valence-electron chi connectivity index (χ0n) is 14.1. The van der Waals surface area contributed by atoms with Gasteiger partial charge >= 0.3 is 5.97 Å². The Morgan fingerprint density at radius 3 is 1.95 bits per heavy atom. The lowest BCUT2D eigenvalue weighted by Gasteiger charge is -2.27. The van der Waals surface area contributed by atoms with Crippen molar-refractivity contribution < 1.29 is 19.8 Å². The molecule has 0 amide bonds. The molecule has 1 aromatic carbocycles. The minimum Gasteiger partial charge on any atom is -0.481 e. The van der Waals surface area contributed by atoms with Gasteiger partial charge in [-0.1, -0.05) is 40.7 Å². The Morgan fingerprint density at radius 2 is 1.50 bits per heavy atom. The largest absolute Gasteiger partial charge is 0.481 e. The van der Waals surface area contributed by atoms with Crippen LogP contribution in [0.1, 0.15) is 68.9 Å². The van der Waals surface area contributed by atoms with Crippen LogP contribution in [0.15, 0.2) is 18.2 Å². The summed E-state index contributed by atoms with van der Waals surface area (Å²) < 4.78 is 0. The van der Waals surface area contributed by atoms with E-state index in [0.29, 0.717) is 5.56 Å². The predicted octanol–water partition coefficient (Wildman–Crippen LogP) is 3.30. The molecule has 22 heavy (non-hydrogen) atoms. The van der Waals surface area contributed by atoms with Crippen molar-refractivity contribution in [1.82, 2.24) is 0 Å². The molecule has 122 valence electrons. The molecule has 0 radical (unpaired) electrons. The van der Waals surface area contributed by atoms with Crippen LogP contribution >= 0.6 is 0 Å². The number of benzene rings is 1. The summed E-state index contributed by atoms with van der Waals surface area (Å²) in [4.78, 5) is 22.9. The van der Waals surface area contributed by atoms with Crippen LogP contribution in [0.3, 0.4) is 0 Å². The first kappa shape index (κ1) is 18.4. The Morgan fingerprint density at radius 1 is 0.955 bits per heavy atom. The van der Waals surface area contributed by atoms with Gasteiger partial charge in [-0.25, -0.2) is 0 Å². The van der Waals surface area contributed by atoms with Crippen LogP contribution < -0.4 is 0 Å². The zero-order valence-corrected chi connectivity index (χ0v) is 14.1. The van der Waals surface area contributed by atoms with Crippen molar-refractivity contribution >= 4 is 11.8 Å². The van der Waals surface area contributed by atoms with E-state index >= 15 is 0 Å². The Labute approximate surface area is 132 Å². The number of hydrogen-bond acceptors (Lipinski definition) is 3. The number of aliphatic carboxylic acids is 1. The van der Waals surface area contributed by atoms with E-state index in [4.69, 9.17) is 5.11 Å². The van der Waals surface area contributed by atoms with Crippen molar-refractivity contribution in [3.63, 3.8) is 0 Å². The van der Waals surface area contributed by atoms with E-state index in [9.17, 15) is 14.7 Å². The van der Waals surface area contributed by atoms with Gasteiger partial charge in [-0.2, -0.15) is 0 Å². The molecule has 0 fully saturated rings. The number of Topliss-reactive ketones (excluding diaryl/α,β-unsaturated/α-hetero) is 1. The molecule has 4 nitrogen and oxygen atoms in total. The Kier molecular flexibility index (Phi) is 5.52. The maximum atomic E-state index is 12.3. The molecule has 0 aliphatic heterocycles. The number of carbonyl (C=O) groups is 2. The highest BCUT2D eigenvalue weighted by molar-refractivity contribution is 5.97. The highest BCUT2D eigenvalue weighted by Crippen LogP contribution is 2.30. The number of aliphatic hydroxyl groups is 1. The van der Waals surface area contributed by atoms with E-state index in [1.165, 1.54) is 0 Å². The average Bonchev–Trinajstić information content (AvgIpc) is 2.43. The van der Waals surface area contributed by atoms with E-state index in [1.54, 1.807) is 6.07 Å². The summed E-state index contributed by atoms with van der Waals surface area (Å²) in [6, 6.07) is 5.63. The molecule has 1 rings (SSSR count). The average molecular weight is 306 g/mol. The molecular formula is C18H26O4. The number of rotatable bonds is 6. The fourth-order valence-electron chi connectivity index (χ4n) is 2.07. The van der Waals surface area contributed by atoms with Gasteiger partial charge in [0.15, 0.2) is 5.78 Å². The molecule has 0 aliphatic carbocycles. The van der Waals surface area contributed by atoms with Gasteiger partial charge in [0.1, 0.15) is 0 Å². The summed E-state index contributed by atoms with van der Waals surface area (Å²) in [6.45, 7) is 9.99. The first-order chi connectivity index (χ1) is 9.97. The first-order valence-corrected chi connectivity index (χ1v) is 7.49. The second-order valence-electron chi connectivity index (χ2n) is 7.41. The summed E-state index contributed by atoms with van der Waals surface area (Å²) >= 11 is 0. The van der Waals surface area contributed by atoms with E-state index in [1.807, 2.05) is 26.0 Å². The molecular weight excluding hydrogens is 280 g/mol. The van der Waals surface area contributed by atoms with Gasteiger partial charge in [0.05, 0.1) is 13.0 Å². The Bertz CT molecular complexity index is 565. The second-order valence-corrected chi connectivity index (χ2v) is 7.41. The van der Waals surface area contributed by atoms with E-state index in [0.717, 1.165) is 11.1 Å². The number of ketones is 1.